The average molecular weight is 152 g/mol. The van der Waals surface area contributed by atoms with E-state index in [1.54, 1.807) is 5.57 Å². The van der Waals surface area contributed by atoms with Crippen molar-refractivity contribution in [3.8, 4) is 0 Å². The van der Waals surface area contributed by atoms with Crippen molar-refractivity contribution in [1.82, 2.24) is 0 Å². The standard InChI is InChI=1S/C11H20/c1-6-10(4)8-9(3)11(10,5)7-2/h8H,6-7H2,1-5H3. The van der Waals surface area contributed by atoms with E-state index in [1.807, 2.05) is 0 Å². The maximum absolute atomic E-state index is 2.44. The molecule has 64 valence electrons. The highest BCUT2D eigenvalue weighted by molar-refractivity contribution is 5.32. The quantitative estimate of drug-likeness (QED) is 0.528. The van der Waals surface area contributed by atoms with Gasteiger partial charge in [0.2, 0.25) is 0 Å². The molecule has 2 atom stereocenters. The van der Waals surface area contributed by atoms with Gasteiger partial charge in [-0.25, -0.2) is 0 Å². The largest absolute Gasteiger partial charge is 0.0782 e. The van der Waals surface area contributed by atoms with Gasteiger partial charge in [0.1, 0.15) is 0 Å². The van der Waals surface area contributed by atoms with Crippen LogP contribution in [0.4, 0.5) is 0 Å². The van der Waals surface area contributed by atoms with Crippen LogP contribution in [-0.4, -0.2) is 0 Å². The van der Waals surface area contributed by atoms with E-state index in [9.17, 15) is 0 Å². The molecular weight excluding hydrogens is 132 g/mol. The zero-order valence-electron chi connectivity index (χ0n) is 8.49. The Morgan fingerprint density at radius 3 is 1.91 bits per heavy atom. The molecule has 0 aromatic rings. The van der Waals surface area contributed by atoms with Gasteiger partial charge in [-0.1, -0.05) is 39.3 Å². The van der Waals surface area contributed by atoms with E-state index < -0.39 is 0 Å². The van der Waals surface area contributed by atoms with Crippen LogP contribution in [-0.2, 0) is 0 Å². The van der Waals surface area contributed by atoms with E-state index in [1.165, 1.54) is 12.8 Å². The monoisotopic (exact) mass is 152 g/mol. The predicted octanol–water partition coefficient (Wildman–Crippen LogP) is 3.78. The Bertz CT molecular complexity index is 190. The Morgan fingerprint density at radius 2 is 1.73 bits per heavy atom. The number of allylic oxidation sites excluding steroid dienone is 2. The Kier molecular flexibility index (Phi) is 1.90. The summed E-state index contributed by atoms with van der Waals surface area (Å²) < 4.78 is 0. The van der Waals surface area contributed by atoms with Gasteiger partial charge < -0.3 is 0 Å². The van der Waals surface area contributed by atoms with Crippen molar-refractivity contribution in [2.45, 2.75) is 47.5 Å². The van der Waals surface area contributed by atoms with E-state index in [2.05, 4.69) is 40.7 Å². The second kappa shape index (κ2) is 2.36. The molecule has 0 radical (unpaired) electrons. The van der Waals surface area contributed by atoms with Crippen LogP contribution in [0, 0.1) is 10.8 Å². The molecule has 0 aromatic carbocycles. The third-order valence-corrected chi connectivity index (χ3v) is 4.11. The predicted molar refractivity (Wildman–Crippen MR) is 50.6 cm³/mol. The molecule has 0 fully saturated rings. The first-order chi connectivity index (χ1) is 5.00. The van der Waals surface area contributed by atoms with E-state index >= 15 is 0 Å². The lowest BCUT2D eigenvalue weighted by Gasteiger charge is -2.53. The summed E-state index contributed by atoms with van der Waals surface area (Å²) in [5, 5.41) is 0. The van der Waals surface area contributed by atoms with Crippen molar-refractivity contribution in [2.75, 3.05) is 0 Å². The summed E-state index contributed by atoms with van der Waals surface area (Å²) in [6, 6.07) is 0. The van der Waals surface area contributed by atoms with Crippen molar-refractivity contribution >= 4 is 0 Å². The fourth-order valence-electron chi connectivity index (χ4n) is 2.34. The molecule has 0 spiro atoms. The molecule has 0 amide bonds. The summed E-state index contributed by atoms with van der Waals surface area (Å²) in [7, 11) is 0. The third-order valence-electron chi connectivity index (χ3n) is 4.11. The van der Waals surface area contributed by atoms with Gasteiger partial charge in [0, 0.05) is 0 Å². The van der Waals surface area contributed by atoms with Crippen LogP contribution in [0.5, 0.6) is 0 Å². The highest BCUT2D eigenvalue weighted by Gasteiger charge is 2.48. The molecule has 0 heteroatoms. The molecule has 0 saturated heterocycles. The van der Waals surface area contributed by atoms with Crippen molar-refractivity contribution in [2.24, 2.45) is 10.8 Å². The first-order valence-electron chi connectivity index (χ1n) is 4.70. The van der Waals surface area contributed by atoms with E-state index in [0.29, 0.717) is 10.8 Å². The minimum Gasteiger partial charge on any atom is -0.0782 e. The molecule has 0 aromatic heterocycles. The van der Waals surface area contributed by atoms with Crippen LogP contribution < -0.4 is 0 Å². The SMILES string of the molecule is CCC1(C)C=C(C)C1(C)CC. The first-order valence-corrected chi connectivity index (χ1v) is 4.70. The molecule has 1 aliphatic rings. The fourth-order valence-corrected chi connectivity index (χ4v) is 2.34. The molecule has 11 heavy (non-hydrogen) atoms. The van der Waals surface area contributed by atoms with E-state index in [0.717, 1.165) is 0 Å². The zero-order chi connectivity index (χ0) is 8.70. The van der Waals surface area contributed by atoms with Crippen LogP contribution in [0.2, 0.25) is 0 Å². The van der Waals surface area contributed by atoms with Crippen molar-refractivity contribution in [3.63, 3.8) is 0 Å². The summed E-state index contributed by atoms with van der Waals surface area (Å²) in [5.74, 6) is 0. The molecule has 0 aliphatic heterocycles. The highest BCUT2D eigenvalue weighted by Crippen LogP contribution is 2.58. The summed E-state index contributed by atoms with van der Waals surface area (Å²) in [6.07, 6.45) is 4.99. The van der Waals surface area contributed by atoms with Gasteiger partial charge in [-0.3, -0.25) is 0 Å². The van der Waals surface area contributed by atoms with Gasteiger partial charge >= 0.3 is 0 Å². The summed E-state index contributed by atoms with van der Waals surface area (Å²) in [4.78, 5) is 0. The van der Waals surface area contributed by atoms with Crippen LogP contribution in [0.1, 0.15) is 47.5 Å². The second-order valence-electron chi connectivity index (χ2n) is 4.28. The minimum absolute atomic E-state index is 0.478. The summed E-state index contributed by atoms with van der Waals surface area (Å²) in [6.45, 7) is 11.6. The smallest absolute Gasteiger partial charge is 0.00333 e. The van der Waals surface area contributed by atoms with Gasteiger partial charge in [0.25, 0.3) is 0 Å². The van der Waals surface area contributed by atoms with Crippen molar-refractivity contribution < 1.29 is 0 Å². The molecule has 0 N–H and O–H groups in total. The summed E-state index contributed by atoms with van der Waals surface area (Å²) >= 11 is 0. The molecular formula is C11H20. The lowest BCUT2D eigenvalue weighted by molar-refractivity contribution is 0.108. The topological polar surface area (TPSA) is 0 Å². The lowest BCUT2D eigenvalue weighted by atomic mass is 9.51. The Hall–Kier alpha value is -0.260. The zero-order valence-corrected chi connectivity index (χ0v) is 8.49. The van der Waals surface area contributed by atoms with Gasteiger partial charge in [-0.05, 0) is 30.6 Å². The molecule has 0 bridgehead atoms. The van der Waals surface area contributed by atoms with E-state index in [-0.39, 0.29) is 0 Å². The maximum Gasteiger partial charge on any atom is -0.00333 e. The minimum atomic E-state index is 0.478. The molecule has 2 unspecified atom stereocenters. The number of hydrogen-bond acceptors (Lipinski definition) is 0. The van der Waals surface area contributed by atoms with Gasteiger partial charge in [-0.2, -0.15) is 0 Å². The van der Waals surface area contributed by atoms with E-state index in [4.69, 9.17) is 0 Å². The average Bonchev–Trinajstić information content (AvgIpc) is 2.02. The molecule has 1 aliphatic carbocycles. The van der Waals surface area contributed by atoms with Gasteiger partial charge in [-0.15, -0.1) is 0 Å². The lowest BCUT2D eigenvalue weighted by Crippen LogP contribution is -2.44. The molecule has 0 heterocycles. The normalized spacial score (nSPS) is 43.2. The molecule has 0 nitrogen and oxygen atoms in total. The summed E-state index contributed by atoms with van der Waals surface area (Å²) in [5.41, 5.74) is 2.55. The van der Waals surface area contributed by atoms with Crippen LogP contribution >= 0.6 is 0 Å². The Morgan fingerprint density at radius 1 is 1.18 bits per heavy atom. The maximum atomic E-state index is 2.44. The first kappa shape index (κ1) is 8.83. The van der Waals surface area contributed by atoms with Crippen LogP contribution in [0.3, 0.4) is 0 Å². The van der Waals surface area contributed by atoms with Crippen LogP contribution in [0.15, 0.2) is 11.6 Å². The number of rotatable bonds is 2. The highest BCUT2D eigenvalue weighted by atomic mass is 14.5. The Balaban J connectivity index is 2.92. The van der Waals surface area contributed by atoms with Crippen LogP contribution in [0.25, 0.3) is 0 Å². The number of hydrogen-bond donors (Lipinski definition) is 0. The second-order valence-corrected chi connectivity index (χ2v) is 4.28. The van der Waals surface area contributed by atoms with Crippen molar-refractivity contribution in [3.05, 3.63) is 11.6 Å². The van der Waals surface area contributed by atoms with Gasteiger partial charge in [0.15, 0.2) is 0 Å². The van der Waals surface area contributed by atoms with Crippen molar-refractivity contribution in [1.29, 1.82) is 0 Å². The van der Waals surface area contributed by atoms with Gasteiger partial charge in [0.05, 0.1) is 0 Å². The third kappa shape index (κ3) is 0.881. The molecule has 1 rings (SSSR count). The Labute approximate surface area is 70.7 Å². The fraction of sp³-hybridized carbons (Fsp3) is 0.818. The molecule has 0 saturated carbocycles.